The van der Waals surface area contributed by atoms with E-state index in [1.165, 1.54) is 0 Å². The molecule has 0 fully saturated rings. The average molecular weight is 364 g/mol. The molecule has 0 aliphatic carbocycles. The number of halogens is 1. The van der Waals surface area contributed by atoms with Crippen molar-refractivity contribution < 1.29 is 14.3 Å². The van der Waals surface area contributed by atoms with Crippen LogP contribution in [0, 0.1) is 0 Å². The van der Waals surface area contributed by atoms with Crippen molar-refractivity contribution in [1.82, 2.24) is 5.32 Å². The van der Waals surface area contributed by atoms with Gasteiger partial charge in [-0.2, -0.15) is 0 Å². The molecule has 6 heteroatoms. The summed E-state index contributed by atoms with van der Waals surface area (Å²) in [6.07, 6.45) is 0. The van der Waals surface area contributed by atoms with Crippen molar-refractivity contribution in [2.24, 2.45) is 0 Å². The molecule has 2 aromatic rings. The van der Waals surface area contributed by atoms with Gasteiger partial charge in [0.05, 0.1) is 5.56 Å². The van der Waals surface area contributed by atoms with Crippen LogP contribution < -0.4 is 5.32 Å². The van der Waals surface area contributed by atoms with Crippen molar-refractivity contribution in [3.63, 3.8) is 0 Å². The van der Waals surface area contributed by atoms with Crippen LogP contribution in [0.2, 0.25) is 5.02 Å². The first-order chi connectivity index (χ1) is 11.6. The summed E-state index contributed by atoms with van der Waals surface area (Å²) in [6.45, 7) is 1.97. The molecule has 0 heterocycles. The Kier molecular flexibility index (Phi) is 7.15. The van der Waals surface area contributed by atoms with Gasteiger partial charge in [0.1, 0.15) is 0 Å². The van der Waals surface area contributed by atoms with E-state index in [1.54, 1.807) is 30.0 Å². The fourth-order valence-corrected chi connectivity index (χ4v) is 3.01. The van der Waals surface area contributed by atoms with Crippen LogP contribution >= 0.6 is 23.4 Å². The lowest BCUT2D eigenvalue weighted by Crippen LogP contribution is -2.28. The van der Waals surface area contributed by atoms with Crippen molar-refractivity contribution in [2.75, 3.05) is 12.4 Å². The number of benzene rings is 2. The van der Waals surface area contributed by atoms with Crippen LogP contribution in [0.4, 0.5) is 0 Å². The smallest absolute Gasteiger partial charge is 0.339 e. The van der Waals surface area contributed by atoms with Gasteiger partial charge >= 0.3 is 5.97 Å². The Bertz CT molecular complexity index is 721. The van der Waals surface area contributed by atoms with Crippen molar-refractivity contribution >= 4 is 35.2 Å². The molecule has 0 radical (unpaired) electrons. The van der Waals surface area contributed by atoms with E-state index in [9.17, 15) is 9.59 Å². The first-order valence-corrected chi connectivity index (χ1v) is 8.87. The number of hydrogen-bond acceptors (Lipinski definition) is 4. The second-order valence-corrected chi connectivity index (χ2v) is 6.59. The SMILES string of the molecule is CCSc1ccccc1C(=O)OCC(=O)NCc1ccccc1Cl. The number of amides is 1. The number of hydrogen-bond donors (Lipinski definition) is 1. The summed E-state index contributed by atoms with van der Waals surface area (Å²) >= 11 is 7.58. The molecule has 2 rings (SSSR count). The van der Waals surface area contributed by atoms with Crippen molar-refractivity contribution in [1.29, 1.82) is 0 Å². The fourth-order valence-electron chi connectivity index (χ4n) is 2.01. The van der Waals surface area contributed by atoms with Gasteiger partial charge in [-0.25, -0.2) is 4.79 Å². The minimum atomic E-state index is -0.501. The second kappa shape index (κ2) is 9.35. The summed E-state index contributed by atoms with van der Waals surface area (Å²) in [6, 6.07) is 14.4. The maximum atomic E-state index is 12.1. The van der Waals surface area contributed by atoms with E-state index in [0.29, 0.717) is 17.1 Å². The van der Waals surface area contributed by atoms with Gasteiger partial charge in [-0.3, -0.25) is 4.79 Å². The number of carbonyl (C=O) groups excluding carboxylic acids is 2. The molecule has 1 N–H and O–H groups in total. The molecule has 2 aromatic carbocycles. The fraction of sp³-hybridized carbons (Fsp3) is 0.222. The maximum Gasteiger partial charge on any atom is 0.339 e. The van der Waals surface area contributed by atoms with E-state index in [0.717, 1.165) is 16.2 Å². The molecule has 0 bridgehead atoms. The van der Waals surface area contributed by atoms with E-state index in [4.69, 9.17) is 16.3 Å². The molecule has 0 aromatic heterocycles. The van der Waals surface area contributed by atoms with Gasteiger partial charge < -0.3 is 10.1 Å². The summed E-state index contributed by atoms with van der Waals surface area (Å²) in [5.74, 6) is -0.0221. The second-order valence-electron chi connectivity index (χ2n) is 4.87. The molecule has 1 amide bonds. The predicted molar refractivity (Wildman–Crippen MR) is 96.4 cm³/mol. The van der Waals surface area contributed by atoms with E-state index in [2.05, 4.69) is 5.32 Å². The standard InChI is InChI=1S/C18H18ClNO3S/c1-2-24-16-10-6-4-8-14(16)18(22)23-12-17(21)20-11-13-7-3-5-9-15(13)19/h3-10H,2,11-12H2,1H3,(H,20,21). The third kappa shape index (κ3) is 5.28. The molecule has 0 aliphatic rings. The number of ether oxygens (including phenoxy) is 1. The molecule has 24 heavy (non-hydrogen) atoms. The number of rotatable bonds is 7. The van der Waals surface area contributed by atoms with E-state index >= 15 is 0 Å². The molecule has 126 valence electrons. The molecule has 0 unspecified atom stereocenters. The summed E-state index contributed by atoms with van der Waals surface area (Å²) in [5.41, 5.74) is 1.28. The average Bonchev–Trinajstić information content (AvgIpc) is 2.60. The Balaban J connectivity index is 1.85. The first-order valence-electron chi connectivity index (χ1n) is 7.51. The number of carbonyl (C=O) groups is 2. The van der Waals surface area contributed by atoms with Gasteiger partial charge in [-0.15, -0.1) is 11.8 Å². The highest BCUT2D eigenvalue weighted by Gasteiger charge is 2.14. The molecule has 0 spiro atoms. The number of thioether (sulfide) groups is 1. The Morgan fingerprint density at radius 3 is 2.58 bits per heavy atom. The van der Waals surface area contributed by atoms with E-state index < -0.39 is 5.97 Å². The topological polar surface area (TPSA) is 55.4 Å². The van der Waals surface area contributed by atoms with Crippen LogP contribution in [0.5, 0.6) is 0 Å². The monoisotopic (exact) mass is 363 g/mol. The van der Waals surface area contributed by atoms with Gasteiger partial charge in [0.2, 0.25) is 0 Å². The zero-order chi connectivity index (χ0) is 17.4. The zero-order valence-electron chi connectivity index (χ0n) is 13.3. The minimum absolute atomic E-state index is 0.290. The third-order valence-corrected chi connectivity index (χ3v) is 4.50. The normalized spacial score (nSPS) is 10.2. The van der Waals surface area contributed by atoms with E-state index in [1.807, 2.05) is 37.3 Å². The molecular formula is C18H18ClNO3S. The summed E-state index contributed by atoms with van der Waals surface area (Å²) in [5, 5.41) is 3.26. The van der Waals surface area contributed by atoms with Crippen LogP contribution in [-0.2, 0) is 16.1 Å². The maximum absolute atomic E-state index is 12.1. The highest BCUT2D eigenvalue weighted by Crippen LogP contribution is 2.22. The van der Waals surface area contributed by atoms with Crippen LogP contribution in [0.3, 0.4) is 0 Å². The van der Waals surface area contributed by atoms with E-state index in [-0.39, 0.29) is 12.5 Å². The summed E-state index contributed by atoms with van der Waals surface area (Å²) in [7, 11) is 0. The van der Waals surface area contributed by atoms with Gasteiger partial charge in [0, 0.05) is 16.5 Å². The molecular weight excluding hydrogens is 346 g/mol. The summed E-state index contributed by atoms with van der Waals surface area (Å²) < 4.78 is 5.10. The highest BCUT2D eigenvalue weighted by molar-refractivity contribution is 7.99. The lowest BCUT2D eigenvalue weighted by Gasteiger charge is -2.09. The van der Waals surface area contributed by atoms with Crippen LogP contribution in [0.15, 0.2) is 53.4 Å². The highest BCUT2D eigenvalue weighted by atomic mass is 35.5. The lowest BCUT2D eigenvalue weighted by molar-refractivity contribution is -0.124. The van der Waals surface area contributed by atoms with Crippen molar-refractivity contribution in [3.05, 3.63) is 64.7 Å². The first kappa shape index (κ1) is 18.4. The Hall–Kier alpha value is -1.98. The predicted octanol–water partition coefficient (Wildman–Crippen LogP) is 3.93. The van der Waals surface area contributed by atoms with Crippen molar-refractivity contribution in [3.8, 4) is 0 Å². The molecule has 0 saturated heterocycles. The minimum Gasteiger partial charge on any atom is -0.452 e. The zero-order valence-corrected chi connectivity index (χ0v) is 14.8. The summed E-state index contributed by atoms with van der Waals surface area (Å²) in [4.78, 5) is 24.8. The van der Waals surface area contributed by atoms with Crippen LogP contribution in [-0.4, -0.2) is 24.2 Å². The number of nitrogens with one attached hydrogen (secondary N) is 1. The van der Waals surface area contributed by atoms with Crippen LogP contribution in [0.1, 0.15) is 22.8 Å². The molecule has 0 aliphatic heterocycles. The van der Waals surface area contributed by atoms with Gasteiger partial charge in [-0.1, -0.05) is 48.9 Å². The van der Waals surface area contributed by atoms with Gasteiger partial charge in [0.15, 0.2) is 6.61 Å². The van der Waals surface area contributed by atoms with Crippen molar-refractivity contribution in [2.45, 2.75) is 18.4 Å². The Morgan fingerprint density at radius 1 is 1.12 bits per heavy atom. The quantitative estimate of drug-likeness (QED) is 0.598. The Labute approximate surface area is 150 Å². The van der Waals surface area contributed by atoms with Gasteiger partial charge in [0.25, 0.3) is 5.91 Å². The largest absolute Gasteiger partial charge is 0.452 e. The lowest BCUT2D eigenvalue weighted by atomic mass is 10.2. The third-order valence-electron chi connectivity index (χ3n) is 3.18. The Morgan fingerprint density at radius 2 is 1.83 bits per heavy atom. The molecule has 4 nitrogen and oxygen atoms in total. The molecule has 0 atom stereocenters. The van der Waals surface area contributed by atoms with Crippen LogP contribution in [0.25, 0.3) is 0 Å². The number of esters is 1. The van der Waals surface area contributed by atoms with Gasteiger partial charge in [-0.05, 0) is 29.5 Å². The molecule has 0 saturated carbocycles.